The van der Waals surface area contributed by atoms with Crippen molar-refractivity contribution in [3.8, 4) is 5.75 Å². The van der Waals surface area contributed by atoms with E-state index in [1.54, 1.807) is 25.1 Å². The first-order valence-corrected chi connectivity index (χ1v) is 13.2. The Morgan fingerprint density at radius 3 is 2.57 bits per heavy atom. The molecule has 2 aromatic carbocycles. The van der Waals surface area contributed by atoms with Crippen LogP contribution in [0.1, 0.15) is 64.0 Å². The molecule has 3 aliphatic rings. The fourth-order valence-electron chi connectivity index (χ4n) is 6.39. The van der Waals surface area contributed by atoms with Gasteiger partial charge in [-0.05, 0) is 55.4 Å². The van der Waals surface area contributed by atoms with Crippen LogP contribution < -0.4 is 15.4 Å². The van der Waals surface area contributed by atoms with Gasteiger partial charge >= 0.3 is 5.97 Å². The number of ether oxygens (including phenoxy) is 1. The lowest BCUT2D eigenvalue weighted by Gasteiger charge is -2.42. The zero-order chi connectivity index (χ0) is 26.9. The van der Waals surface area contributed by atoms with Crippen molar-refractivity contribution in [2.24, 2.45) is 5.41 Å². The van der Waals surface area contributed by atoms with Gasteiger partial charge in [-0.25, -0.2) is 4.39 Å². The molecule has 0 aromatic heterocycles. The van der Waals surface area contributed by atoms with Crippen molar-refractivity contribution in [1.82, 2.24) is 10.6 Å². The Bertz CT molecular complexity index is 1270. The molecule has 1 aliphatic carbocycles. The van der Waals surface area contributed by atoms with Gasteiger partial charge in [-0.15, -0.1) is 0 Å². The maximum Gasteiger partial charge on any atom is 0.324 e. The molecule has 1 saturated heterocycles. The summed E-state index contributed by atoms with van der Waals surface area (Å²) in [5.74, 6) is -2.06. The summed E-state index contributed by atoms with van der Waals surface area (Å²) in [6.45, 7) is 7.87. The van der Waals surface area contributed by atoms with Gasteiger partial charge in [-0.1, -0.05) is 56.1 Å². The largest absolute Gasteiger partial charge is 0.425 e. The molecule has 5 rings (SSSR count). The third kappa shape index (κ3) is 4.54. The molecule has 6 nitrogen and oxygen atoms in total. The number of nitrogens with one attached hydrogen (secondary N) is 2. The molecule has 1 saturated carbocycles. The van der Waals surface area contributed by atoms with Crippen LogP contribution >= 0.6 is 23.2 Å². The minimum atomic E-state index is -1.40. The smallest absolute Gasteiger partial charge is 0.324 e. The van der Waals surface area contributed by atoms with Crippen LogP contribution in [0.5, 0.6) is 5.75 Å². The summed E-state index contributed by atoms with van der Waals surface area (Å²) < 4.78 is 20.7. The van der Waals surface area contributed by atoms with Gasteiger partial charge in [0.2, 0.25) is 5.91 Å². The Labute approximate surface area is 225 Å². The van der Waals surface area contributed by atoms with Crippen molar-refractivity contribution in [2.75, 3.05) is 0 Å². The van der Waals surface area contributed by atoms with Gasteiger partial charge in [0, 0.05) is 34.7 Å². The second kappa shape index (κ2) is 8.94. The van der Waals surface area contributed by atoms with Crippen molar-refractivity contribution in [3.05, 3.63) is 63.4 Å². The van der Waals surface area contributed by atoms with Gasteiger partial charge < -0.3 is 20.5 Å². The molecule has 0 unspecified atom stereocenters. The van der Waals surface area contributed by atoms with Crippen molar-refractivity contribution in [3.63, 3.8) is 0 Å². The quantitative estimate of drug-likeness (QED) is 0.374. The summed E-state index contributed by atoms with van der Waals surface area (Å²) in [4.78, 5) is 27.7. The van der Waals surface area contributed by atoms with Crippen LogP contribution in [0.15, 0.2) is 36.4 Å². The lowest BCUT2D eigenvalue weighted by atomic mass is 9.62. The van der Waals surface area contributed by atoms with Gasteiger partial charge in [-0.2, -0.15) is 0 Å². The average Bonchev–Trinajstić information content (AvgIpc) is 3.22. The van der Waals surface area contributed by atoms with Gasteiger partial charge in [0.05, 0.1) is 16.7 Å². The molecule has 1 spiro atoms. The lowest BCUT2D eigenvalue weighted by Crippen LogP contribution is -2.57. The number of carbonyl (C=O) groups is 2. The Morgan fingerprint density at radius 2 is 1.95 bits per heavy atom. The molecule has 198 valence electrons. The van der Waals surface area contributed by atoms with E-state index in [9.17, 15) is 19.1 Å². The van der Waals surface area contributed by atoms with Crippen LogP contribution in [0.2, 0.25) is 10.0 Å². The lowest BCUT2D eigenvalue weighted by molar-refractivity contribution is -0.139. The second-order valence-corrected chi connectivity index (χ2v) is 13.0. The van der Waals surface area contributed by atoms with E-state index < -0.39 is 40.8 Å². The fraction of sp³-hybridized carbons (Fsp3) is 0.500. The maximum atomic E-state index is 14.9. The summed E-state index contributed by atoms with van der Waals surface area (Å²) in [6, 6.07) is 8.07. The number of fused-ring (bicyclic) bond motifs is 2. The monoisotopic (exact) mass is 548 g/mol. The van der Waals surface area contributed by atoms with Crippen LogP contribution in [0, 0.1) is 11.2 Å². The van der Waals surface area contributed by atoms with Crippen LogP contribution in [-0.2, 0) is 15.0 Å². The number of hydrogen-bond donors (Lipinski definition) is 3. The summed E-state index contributed by atoms with van der Waals surface area (Å²) in [7, 11) is 0. The van der Waals surface area contributed by atoms with E-state index in [1.165, 1.54) is 12.1 Å². The molecule has 3 N–H and O–H groups in total. The number of amides is 1. The molecule has 9 heteroatoms. The SMILES string of the molecule is CC(C)(C)C[C@H]1N[C@@H](C(=O)NC2CC(C)(O)C2)[C@H](c2cccc(Cl)c2)[C@@]12C(=O)Oc1cc(Cl)c(F)cc12. The molecule has 0 radical (unpaired) electrons. The van der Waals surface area contributed by atoms with E-state index in [1.807, 2.05) is 26.8 Å². The molecule has 2 aromatic rings. The first kappa shape index (κ1) is 26.4. The number of esters is 1. The Balaban J connectivity index is 1.68. The minimum Gasteiger partial charge on any atom is -0.425 e. The Hall–Kier alpha value is -2.19. The van der Waals surface area contributed by atoms with Crippen molar-refractivity contribution < 1.29 is 23.8 Å². The zero-order valence-corrected chi connectivity index (χ0v) is 22.7. The van der Waals surface area contributed by atoms with E-state index >= 15 is 0 Å². The standard InChI is InChI=1S/C28H31Cl2FN2O4/c1-26(2,3)13-21-28(17-9-19(31)18(30)10-20(17)37-25(28)35)22(14-6-5-7-15(29)8-14)23(33-21)24(34)32-16-11-27(4,36)12-16/h5-10,16,21-23,33,36H,11-13H2,1-4H3,(H,32,34)/t16?,21-,22+,23-,27?,28+/m1/s1. The highest BCUT2D eigenvalue weighted by atomic mass is 35.5. The number of carbonyl (C=O) groups excluding carboxylic acids is 2. The van der Waals surface area contributed by atoms with Gasteiger partial charge in [0.15, 0.2) is 0 Å². The number of rotatable bonds is 4. The topological polar surface area (TPSA) is 87.7 Å². The normalized spacial score (nSPS) is 32.7. The zero-order valence-electron chi connectivity index (χ0n) is 21.2. The Kier molecular flexibility index (Phi) is 6.38. The Morgan fingerprint density at radius 1 is 1.24 bits per heavy atom. The van der Waals surface area contributed by atoms with E-state index in [-0.39, 0.29) is 28.1 Å². The summed E-state index contributed by atoms with van der Waals surface area (Å²) in [6.07, 6.45) is 1.39. The highest BCUT2D eigenvalue weighted by molar-refractivity contribution is 6.31. The van der Waals surface area contributed by atoms with Gasteiger partial charge in [-0.3, -0.25) is 9.59 Å². The first-order valence-electron chi connectivity index (χ1n) is 12.5. The molecule has 37 heavy (non-hydrogen) atoms. The van der Waals surface area contributed by atoms with E-state index in [0.717, 1.165) is 0 Å². The molecule has 1 amide bonds. The third-order valence-corrected chi connectivity index (χ3v) is 8.31. The molecule has 2 heterocycles. The second-order valence-electron chi connectivity index (χ2n) is 12.1. The fourth-order valence-corrected chi connectivity index (χ4v) is 6.74. The highest BCUT2D eigenvalue weighted by Crippen LogP contribution is 2.58. The molecular formula is C28H31Cl2FN2O4. The van der Waals surface area contributed by atoms with Crippen molar-refractivity contribution >= 4 is 35.1 Å². The summed E-state index contributed by atoms with van der Waals surface area (Å²) in [5, 5.41) is 17.0. The minimum absolute atomic E-state index is 0.146. The first-order chi connectivity index (χ1) is 17.2. The van der Waals surface area contributed by atoms with Crippen LogP contribution in [0.3, 0.4) is 0 Å². The number of halogens is 3. The number of benzene rings is 2. The average molecular weight is 549 g/mol. The van der Waals surface area contributed by atoms with Gasteiger partial charge in [0.25, 0.3) is 0 Å². The van der Waals surface area contributed by atoms with Crippen LogP contribution in [0.4, 0.5) is 4.39 Å². The molecule has 2 fully saturated rings. The predicted octanol–water partition coefficient (Wildman–Crippen LogP) is 4.88. The van der Waals surface area contributed by atoms with E-state index in [0.29, 0.717) is 35.4 Å². The van der Waals surface area contributed by atoms with Crippen molar-refractivity contribution in [2.45, 2.75) is 82.0 Å². The maximum absolute atomic E-state index is 14.9. The van der Waals surface area contributed by atoms with Crippen molar-refractivity contribution in [1.29, 1.82) is 0 Å². The molecule has 2 aliphatic heterocycles. The molecule has 4 atom stereocenters. The van der Waals surface area contributed by atoms with E-state index in [4.69, 9.17) is 27.9 Å². The number of aliphatic hydroxyl groups is 1. The summed E-state index contributed by atoms with van der Waals surface area (Å²) in [5.41, 5.74) is -1.42. The van der Waals surface area contributed by atoms with Crippen LogP contribution in [-0.4, -0.2) is 40.7 Å². The summed E-state index contributed by atoms with van der Waals surface area (Å²) >= 11 is 12.4. The predicted molar refractivity (Wildman–Crippen MR) is 139 cm³/mol. The highest BCUT2D eigenvalue weighted by Gasteiger charge is 2.67. The van der Waals surface area contributed by atoms with E-state index in [2.05, 4.69) is 10.6 Å². The number of hydrogen-bond acceptors (Lipinski definition) is 5. The molecular weight excluding hydrogens is 518 g/mol. The third-order valence-electron chi connectivity index (χ3n) is 7.79. The molecule has 0 bridgehead atoms. The van der Waals surface area contributed by atoms with Crippen LogP contribution in [0.25, 0.3) is 0 Å². The van der Waals surface area contributed by atoms with Gasteiger partial charge in [0.1, 0.15) is 17.0 Å².